The zero-order chi connectivity index (χ0) is 17.8. The molecule has 0 atom stereocenters. The highest BCUT2D eigenvalue weighted by molar-refractivity contribution is 7.10. The summed E-state index contributed by atoms with van der Waals surface area (Å²) in [5.74, 6) is 0.770. The van der Waals surface area contributed by atoms with E-state index in [-0.39, 0.29) is 6.61 Å². The van der Waals surface area contributed by atoms with Gasteiger partial charge in [0.25, 0.3) is 0 Å². The highest BCUT2D eigenvalue weighted by Crippen LogP contribution is 2.25. The normalized spacial score (nSPS) is 10.5. The van der Waals surface area contributed by atoms with Crippen LogP contribution in [-0.4, -0.2) is 29.5 Å². The van der Waals surface area contributed by atoms with Crippen LogP contribution in [-0.2, 0) is 11.3 Å². The summed E-state index contributed by atoms with van der Waals surface area (Å²) in [5, 5.41) is 3.62. The number of aromatic nitrogens is 2. The third-order valence-electron chi connectivity index (χ3n) is 3.53. The zero-order valence-electron chi connectivity index (χ0n) is 14.0. The second-order valence-electron chi connectivity index (χ2n) is 5.17. The number of hydrogen-bond acceptors (Lipinski definition) is 8. The summed E-state index contributed by atoms with van der Waals surface area (Å²) >= 11 is 1.22. The number of esters is 1. The molecule has 0 spiro atoms. The van der Waals surface area contributed by atoms with Gasteiger partial charge in [0.2, 0.25) is 5.89 Å². The maximum atomic E-state index is 12.3. The fraction of sp³-hybridized carbons (Fsp3) is 0.235. The van der Waals surface area contributed by atoms with Gasteiger partial charge in [-0.05, 0) is 42.7 Å². The van der Waals surface area contributed by atoms with E-state index < -0.39 is 5.97 Å². The predicted octanol–water partition coefficient (Wildman–Crippen LogP) is 3.51. The first kappa shape index (κ1) is 17.0. The predicted molar refractivity (Wildman–Crippen MR) is 94.0 cm³/mol. The molecule has 8 heteroatoms. The fourth-order valence-corrected chi connectivity index (χ4v) is 2.96. The molecule has 0 saturated carbocycles. The maximum absolute atomic E-state index is 12.3. The lowest BCUT2D eigenvalue weighted by molar-refractivity contribution is 0.0468. The first-order valence-electron chi connectivity index (χ1n) is 7.52. The Hall–Kier alpha value is -2.87. The molecule has 2 heterocycles. The van der Waals surface area contributed by atoms with Crippen molar-refractivity contribution in [1.29, 1.82) is 0 Å². The van der Waals surface area contributed by atoms with Gasteiger partial charge in [-0.3, -0.25) is 0 Å². The van der Waals surface area contributed by atoms with Crippen LogP contribution < -0.4 is 10.1 Å². The van der Waals surface area contributed by atoms with E-state index in [0.717, 1.165) is 11.3 Å². The summed E-state index contributed by atoms with van der Waals surface area (Å²) in [6, 6.07) is 7.34. The number of nitrogens with zero attached hydrogens (tertiary/aromatic N) is 2. The Labute approximate surface area is 148 Å². The Kier molecular flexibility index (Phi) is 4.99. The van der Waals surface area contributed by atoms with Crippen LogP contribution in [0.4, 0.5) is 5.00 Å². The standard InChI is InChI=1S/C17H17N3O4S/c1-10-14(16(18-2)25-20-10)17(21)24-9-12-8-23-15(19-12)11-4-6-13(22-3)7-5-11/h4-8,18H,9H2,1-3H3. The molecule has 7 nitrogen and oxygen atoms in total. The van der Waals surface area contributed by atoms with Crippen molar-refractivity contribution in [3.05, 3.63) is 47.5 Å². The first-order chi connectivity index (χ1) is 12.1. The highest BCUT2D eigenvalue weighted by Gasteiger charge is 2.19. The van der Waals surface area contributed by atoms with Gasteiger partial charge in [-0.15, -0.1) is 0 Å². The molecule has 0 amide bonds. The zero-order valence-corrected chi connectivity index (χ0v) is 14.8. The number of rotatable bonds is 6. The van der Waals surface area contributed by atoms with Gasteiger partial charge in [0, 0.05) is 12.6 Å². The van der Waals surface area contributed by atoms with Crippen molar-refractivity contribution < 1.29 is 18.7 Å². The molecule has 0 bridgehead atoms. The van der Waals surface area contributed by atoms with Gasteiger partial charge in [0.1, 0.15) is 34.9 Å². The number of ether oxygens (including phenoxy) is 2. The average molecular weight is 359 g/mol. The largest absolute Gasteiger partial charge is 0.497 e. The van der Waals surface area contributed by atoms with E-state index in [9.17, 15) is 4.79 Å². The van der Waals surface area contributed by atoms with Crippen LogP contribution in [0, 0.1) is 6.92 Å². The summed E-state index contributed by atoms with van der Waals surface area (Å²) in [7, 11) is 3.35. The molecule has 0 fully saturated rings. The molecule has 0 radical (unpaired) electrons. The second kappa shape index (κ2) is 7.35. The van der Waals surface area contributed by atoms with Gasteiger partial charge >= 0.3 is 5.97 Å². The summed E-state index contributed by atoms with van der Waals surface area (Å²) < 4.78 is 20.1. The third kappa shape index (κ3) is 3.63. The number of oxazole rings is 1. The molecule has 0 aliphatic heterocycles. The van der Waals surface area contributed by atoms with Crippen molar-refractivity contribution in [2.75, 3.05) is 19.5 Å². The molecule has 0 unspecified atom stereocenters. The number of nitrogens with one attached hydrogen (secondary N) is 1. The Morgan fingerprint density at radius 1 is 1.32 bits per heavy atom. The molecular formula is C17H17N3O4S. The number of hydrogen-bond donors (Lipinski definition) is 1. The van der Waals surface area contributed by atoms with Crippen LogP contribution in [0.3, 0.4) is 0 Å². The lowest BCUT2D eigenvalue weighted by atomic mass is 10.2. The van der Waals surface area contributed by atoms with E-state index in [0.29, 0.717) is 27.8 Å². The quantitative estimate of drug-likeness (QED) is 0.674. The fourth-order valence-electron chi connectivity index (χ4n) is 2.23. The summed E-state index contributed by atoms with van der Waals surface area (Å²) in [5.41, 5.74) is 2.43. The topological polar surface area (TPSA) is 86.5 Å². The number of carbonyl (C=O) groups excluding carboxylic acids is 1. The van der Waals surface area contributed by atoms with Gasteiger partial charge < -0.3 is 19.2 Å². The Morgan fingerprint density at radius 2 is 2.08 bits per heavy atom. The van der Waals surface area contributed by atoms with E-state index in [1.165, 1.54) is 17.8 Å². The van der Waals surface area contributed by atoms with Gasteiger partial charge in [-0.2, -0.15) is 4.37 Å². The first-order valence-corrected chi connectivity index (χ1v) is 8.29. The van der Waals surface area contributed by atoms with Gasteiger partial charge in [0.05, 0.1) is 12.8 Å². The number of methoxy groups -OCH3 is 1. The lowest BCUT2D eigenvalue weighted by Crippen LogP contribution is -2.08. The van der Waals surface area contributed by atoms with Crippen LogP contribution >= 0.6 is 11.5 Å². The van der Waals surface area contributed by atoms with E-state index in [1.807, 2.05) is 24.3 Å². The number of anilines is 1. The van der Waals surface area contributed by atoms with E-state index >= 15 is 0 Å². The number of benzene rings is 1. The van der Waals surface area contributed by atoms with Crippen LogP contribution in [0.2, 0.25) is 0 Å². The minimum atomic E-state index is -0.440. The SMILES string of the molecule is CNc1snc(C)c1C(=O)OCc1coc(-c2ccc(OC)cc2)n1. The van der Waals surface area contributed by atoms with Crippen molar-refractivity contribution >= 4 is 22.5 Å². The number of carbonyl (C=O) groups is 1. The van der Waals surface area contributed by atoms with Crippen LogP contribution in [0.15, 0.2) is 34.9 Å². The Balaban J connectivity index is 1.67. The number of aryl methyl sites for hydroxylation is 1. The van der Waals surface area contributed by atoms with E-state index in [2.05, 4.69) is 14.7 Å². The molecule has 1 N–H and O–H groups in total. The van der Waals surface area contributed by atoms with Crippen molar-refractivity contribution in [2.45, 2.75) is 13.5 Å². The molecule has 0 saturated heterocycles. The molecule has 0 aliphatic carbocycles. The maximum Gasteiger partial charge on any atom is 0.343 e. The highest BCUT2D eigenvalue weighted by atomic mass is 32.1. The smallest absolute Gasteiger partial charge is 0.343 e. The van der Waals surface area contributed by atoms with E-state index in [4.69, 9.17) is 13.9 Å². The summed E-state index contributed by atoms with van der Waals surface area (Å²) in [6.07, 6.45) is 1.48. The van der Waals surface area contributed by atoms with Gasteiger partial charge in [-0.25, -0.2) is 9.78 Å². The summed E-state index contributed by atoms with van der Waals surface area (Å²) in [6.45, 7) is 1.79. The molecule has 2 aromatic heterocycles. The Bertz CT molecular complexity index is 870. The van der Waals surface area contributed by atoms with Crippen LogP contribution in [0.25, 0.3) is 11.5 Å². The summed E-state index contributed by atoms with van der Waals surface area (Å²) in [4.78, 5) is 16.6. The van der Waals surface area contributed by atoms with Crippen LogP contribution in [0.5, 0.6) is 5.75 Å². The monoisotopic (exact) mass is 359 g/mol. The van der Waals surface area contributed by atoms with Crippen molar-refractivity contribution in [3.8, 4) is 17.2 Å². The van der Waals surface area contributed by atoms with E-state index in [1.54, 1.807) is 21.1 Å². The lowest BCUT2D eigenvalue weighted by Gasteiger charge is -2.04. The molecular weight excluding hydrogens is 342 g/mol. The molecule has 1 aromatic carbocycles. The second-order valence-corrected chi connectivity index (χ2v) is 5.94. The Morgan fingerprint density at radius 3 is 2.76 bits per heavy atom. The minimum Gasteiger partial charge on any atom is -0.497 e. The van der Waals surface area contributed by atoms with Crippen molar-refractivity contribution in [1.82, 2.24) is 9.36 Å². The molecule has 3 rings (SSSR count). The van der Waals surface area contributed by atoms with Gasteiger partial charge in [-0.1, -0.05) is 0 Å². The molecule has 0 aliphatic rings. The van der Waals surface area contributed by atoms with Crippen LogP contribution in [0.1, 0.15) is 21.7 Å². The molecule has 3 aromatic rings. The van der Waals surface area contributed by atoms with Gasteiger partial charge in [0.15, 0.2) is 0 Å². The average Bonchev–Trinajstić information content (AvgIpc) is 3.26. The molecule has 25 heavy (non-hydrogen) atoms. The van der Waals surface area contributed by atoms with Crippen molar-refractivity contribution in [2.24, 2.45) is 0 Å². The molecule has 130 valence electrons. The van der Waals surface area contributed by atoms with Crippen molar-refractivity contribution in [3.63, 3.8) is 0 Å². The third-order valence-corrected chi connectivity index (χ3v) is 4.49. The minimum absolute atomic E-state index is 0.0247.